The Morgan fingerprint density at radius 1 is 0.786 bits per heavy atom. The molecule has 0 amide bonds. The van der Waals surface area contributed by atoms with Gasteiger partial charge in [0.15, 0.2) is 0 Å². The van der Waals surface area contributed by atoms with Crippen molar-refractivity contribution in [2.75, 3.05) is 7.11 Å². The molecule has 42 heavy (non-hydrogen) atoms. The molecule has 3 rings (SSSR count). The quantitative estimate of drug-likeness (QED) is 0.107. The second-order valence-electron chi connectivity index (χ2n) is 11.1. The molecule has 228 valence electrons. The van der Waals surface area contributed by atoms with Gasteiger partial charge in [0.25, 0.3) is 0 Å². The van der Waals surface area contributed by atoms with Crippen LogP contribution in [-0.4, -0.2) is 33.9 Å². The van der Waals surface area contributed by atoms with E-state index in [-0.39, 0.29) is 17.0 Å². The number of carboxylic acid groups (broad SMARTS) is 1. The Morgan fingerprint density at radius 3 is 2.02 bits per heavy atom. The monoisotopic (exact) mass is 576 g/mol. The summed E-state index contributed by atoms with van der Waals surface area (Å²) in [7, 11) is 1.63. The Kier molecular flexibility index (Phi) is 14.1. The fourth-order valence-corrected chi connectivity index (χ4v) is 5.27. The largest absolute Gasteiger partial charge is 0.497 e. The van der Waals surface area contributed by atoms with E-state index >= 15 is 0 Å². The van der Waals surface area contributed by atoms with E-state index in [1.54, 1.807) is 30.1 Å². The molecular formula is C35H48N2O5. The van der Waals surface area contributed by atoms with Crippen LogP contribution in [-0.2, 0) is 19.4 Å². The molecule has 0 radical (unpaired) electrons. The van der Waals surface area contributed by atoms with Gasteiger partial charge in [0.1, 0.15) is 5.75 Å². The van der Waals surface area contributed by atoms with Gasteiger partial charge in [0.05, 0.1) is 24.8 Å². The number of aromatic nitrogens is 2. The summed E-state index contributed by atoms with van der Waals surface area (Å²) in [5.41, 5.74) is 2.92. The van der Waals surface area contributed by atoms with Crippen LogP contribution in [0.3, 0.4) is 0 Å². The summed E-state index contributed by atoms with van der Waals surface area (Å²) in [6.45, 7) is 4.90. The number of methoxy groups -OCH3 is 1. The summed E-state index contributed by atoms with van der Waals surface area (Å²) < 4.78 is 12.6. The number of hydrogen-bond acceptors (Lipinski definition) is 5. The Hall–Kier alpha value is -3.61. The van der Waals surface area contributed by atoms with Crippen LogP contribution < -0.4 is 9.47 Å². The molecule has 1 aromatic heterocycles. The highest BCUT2D eigenvalue weighted by Crippen LogP contribution is 2.25. The average Bonchev–Trinajstić information content (AvgIpc) is 3.43. The average molecular weight is 577 g/mol. The summed E-state index contributed by atoms with van der Waals surface area (Å²) in [5.74, 6) is -0.862. The van der Waals surface area contributed by atoms with E-state index in [2.05, 4.69) is 18.9 Å². The zero-order chi connectivity index (χ0) is 30.2. The molecule has 0 unspecified atom stereocenters. The number of carboxylic acids is 1. The van der Waals surface area contributed by atoms with E-state index in [0.29, 0.717) is 13.0 Å². The lowest BCUT2D eigenvalue weighted by Gasteiger charge is -2.15. The molecule has 1 N–H and O–H groups in total. The summed E-state index contributed by atoms with van der Waals surface area (Å²) in [6, 6.07) is 13.0. The van der Waals surface area contributed by atoms with Crippen molar-refractivity contribution in [1.82, 2.24) is 9.78 Å². The SMILES string of the molecule is CCCCCCCCc1cc(CCCCCCCC)c(C(=O)Oc2ccn(Cc3ccc(OC)cc3)n2)c(C(=O)O)c1. The molecule has 0 spiro atoms. The highest BCUT2D eigenvalue weighted by Gasteiger charge is 2.24. The molecule has 0 saturated carbocycles. The Balaban J connectivity index is 1.76. The van der Waals surface area contributed by atoms with Crippen LogP contribution in [0.4, 0.5) is 0 Å². The molecule has 0 aliphatic carbocycles. The maximum atomic E-state index is 13.5. The van der Waals surface area contributed by atoms with E-state index in [1.807, 2.05) is 30.3 Å². The van der Waals surface area contributed by atoms with Gasteiger partial charge in [-0.1, -0.05) is 96.3 Å². The predicted molar refractivity (Wildman–Crippen MR) is 167 cm³/mol. The highest BCUT2D eigenvalue weighted by molar-refractivity contribution is 6.04. The first-order valence-corrected chi connectivity index (χ1v) is 15.7. The normalized spacial score (nSPS) is 11.0. The number of carbonyl (C=O) groups is 2. The summed E-state index contributed by atoms with van der Waals surface area (Å²) in [6.07, 6.45) is 16.9. The maximum Gasteiger partial charge on any atom is 0.346 e. The van der Waals surface area contributed by atoms with Crippen molar-refractivity contribution in [3.63, 3.8) is 0 Å². The van der Waals surface area contributed by atoms with Gasteiger partial charge in [-0.2, -0.15) is 0 Å². The third-order valence-corrected chi connectivity index (χ3v) is 7.65. The molecular weight excluding hydrogens is 528 g/mol. The first-order valence-electron chi connectivity index (χ1n) is 15.7. The van der Waals surface area contributed by atoms with Crippen molar-refractivity contribution in [2.45, 2.75) is 110 Å². The fourth-order valence-electron chi connectivity index (χ4n) is 5.27. The number of unbranched alkanes of at least 4 members (excludes halogenated alkanes) is 10. The van der Waals surface area contributed by atoms with Crippen molar-refractivity contribution in [3.05, 3.63) is 76.5 Å². The number of benzene rings is 2. The van der Waals surface area contributed by atoms with Gasteiger partial charge < -0.3 is 14.6 Å². The smallest absolute Gasteiger partial charge is 0.346 e. The maximum absolute atomic E-state index is 13.5. The number of aryl methyl sites for hydroxylation is 2. The standard InChI is InChI=1S/C35H48N2O5/c1-4-6-8-10-12-14-16-28-24-29(17-15-13-11-9-7-5-2)33(31(25-28)34(38)39)35(40)42-32-22-23-37(36-32)26-27-18-20-30(41-3)21-19-27/h18-25H,4-17,26H2,1-3H3,(H,38,39). The van der Waals surface area contributed by atoms with Crippen LogP contribution in [0.25, 0.3) is 0 Å². The molecule has 0 fully saturated rings. The van der Waals surface area contributed by atoms with Crippen molar-refractivity contribution < 1.29 is 24.2 Å². The van der Waals surface area contributed by atoms with Gasteiger partial charge in [0.2, 0.25) is 5.88 Å². The van der Waals surface area contributed by atoms with Crippen LogP contribution in [0.2, 0.25) is 0 Å². The molecule has 0 aliphatic rings. The lowest BCUT2D eigenvalue weighted by atomic mass is 9.92. The Labute approximate surface area is 251 Å². The second-order valence-corrected chi connectivity index (χ2v) is 11.1. The molecule has 7 nitrogen and oxygen atoms in total. The fraction of sp³-hybridized carbons (Fsp3) is 0.514. The molecule has 7 heteroatoms. The van der Waals surface area contributed by atoms with Gasteiger partial charge in [-0.3, -0.25) is 4.68 Å². The summed E-state index contributed by atoms with van der Waals surface area (Å²) >= 11 is 0. The first kappa shape index (κ1) is 32.9. The van der Waals surface area contributed by atoms with Gasteiger partial charge in [0, 0.05) is 12.3 Å². The number of esters is 1. The van der Waals surface area contributed by atoms with Crippen LogP contribution >= 0.6 is 0 Å². The lowest BCUT2D eigenvalue weighted by molar-refractivity contribution is 0.0664. The zero-order valence-corrected chi connectivity index (χ0v) is 25.7. The summed E-state index contributed by atoms with van der Waals surface area (Å²) in [5, 5.41) is 14.5. The van der Waals surface area contributed by atoms with Crippen LogP contribution in [0, 0.1) is 0 Å². The zero-order valence-electron chi connectivity index (χ0n) is 25.7. The number of nitrogens with zero attached hydrogens (tertiary/aromatic N) is 2. The topological polar surface area (TPSA) is 90.7 Å². The summed E-state index contributed by atoms with van der Waals surface area (Å²) in [4.78, 5) is 25.9. The minimum atomic E-state index is -1.11. The van der Waals surface area contributed by atoms with Gasteiger partial charge in [-0.15, -0.1) is 5.10 Å². The van der Waals surface area contributed by atoms with E-state index in [1.165, 1.54) is 44.9 Å². The Morgan fingerprint density at radius 2 is 1.40 bits per heavy atom. The van der Waals surface area contributed by atoms with Crippen molar-refractivity contribution >= 4 is 11.9 Å². The van der Waals surface area contributed by atoms with Crippen molar-refractivity contribution in [3.8, 4) is 11.6 Å². The minimum Gasteiger partial charge on any atom is -0.497 e. The van der Waals surface area contributed by atoms with Crippen LogP contribution in [0.5, 0.6) is 11.6 Å². The molecule has 0 aliphatic heterocycles. The third kappa shape index (κ3) is 10.7. The molecule has 2 aromatic carbocycles. The molecule has 1 heterocycles. The van der Waals surface area contributed by atoms with E-state index in [4.69, 9.17) is 9.47 Å². The van der Waals surface area contributed by atoms with Crippen LogP contribution in [0.15, 0.2) is 48.7 Å². The van der Waals surface area contributed by atoms with Crippen molar-refractivity contribution in [2.24, 2.45) is 0 Å². The number of aromatic carboxylic acids is 1. The number of hydrogen-bond donors (Lipinski definition) is 1. The van der Waals surface area contributed by atoms with Gasteiger partial charge in [-0.05, 0) is 60.6 Å². The third-order valence-electron chi connectivity index (χ3n) is 7.65. The molecule has 0 atom stereocenters. The van der Waals surface area contributed by atoms with Crippen molar-refractivity contribution in [1.29, 1.82) is 0 Å². The minimum absolute atomic E-state index is 0.0159. The van der Waals surface area contributed by atoms with Gasteiger partial charge >= 0.3 is 11.9 Å². The first-order chi connectivity index (χ1) is 20.4. The molecule has 0 saturated heterocycles. The number of carbonyl (C=O) groups excluding carboxylic acids is 1. The Bertz CT molecular complexity index is 1250. The van der Waals surface area contributed by atoms with Gasteiger partial charge in [-0.25, -0.2) is 9.59 Å². The molecule has 0 bridgehead atoms. The predicted octanol–water partition coefficient (Wildman–Crippen LogP) is 8.66. The highest BCUT2D eigenvalue weighted by atomic mass is 16.5. The van der Waals surface area contributed by atoms with E-state index in [9.17, 15) is 14.7 Å². The molecule has 3 aromatic rings. The van der Waals surface area contributed by atoms with Crippen LogP contribution in [0.1, 0.15) is 128 Å². The number of rotatable bonds is 20. The lowest BCUT2D eigenvalue weighted by Crippen LogP contribution is -2.18. The number of ether oxygens (including phenoxy) is 2. The van der Waals surface area contributed by atoms with E-state index < -0.39 is 11.9 Å². The van der Waals surface area contributed by atoms with E-state index in [0.717, 1.165) is 61.0 Å². The second kappa shape index (κ2) is 18.0.